The maximum absolute atomic E-state index is 12.4. The van der Waals surface area contributed by atoms with Gasteiger partial charge in [-0.1, -0.05) is 0 Å². The number of sulfone groups is 1. The largest absolute Gasteiger partial charge is 0.467 e. The van der Waals surface area contributed by atoms with Crippen molar-refractivity contribution in [1.82, 2.24) is 5.32 Å². The molecule has 0 radical (unpaired) electrons. The topological polar surface area (TPSA) is 126 Å². The van der Waals surface area contributed by atoms with Gasteiger partial charge in [0.1, 0.15) is 5.76 Å². The molecule has 4 N–H and O–H groups in total. The third-order valence-corrected chi connectivity index (χ3v) is 5.97. The molecule has 9 heteroatoms. The number of aliphatic hydroxyl groups is 1. The second kappa shape index (κ2) is 7.38. The third kappa shape index (κ3) is 4.36. The zero-order valence-corrected chi connectivity index (χ0v) is 14.9. The zero-order valence-electron chi connectivity index (χ0n) is 14.0. The summed E-state index contributed by atoms with van der Waals surface area (Å²) in [5.41, 5.74) is 6.87. The normalized spacial score (nSPS) is 21.4. The van der Waals surface area contributed by atoms with Gasteiger partial charge < -0.3 is 25.5 Å². The molecule has 1 fully saturated rings. The second-order valence-electron chi connectivity index (χ2n) is 6.29. The number of benzene rings is 1. The minimum Gasteiger partial charge on any atom is -0.467 e. The number of amides is 1. The molecular formula is C17H21N3O5S. The summed E-state index contributed by atoms with van der Waals surface area (Å²) >= 11 is 0. The highest BCUT2D eigenvalue weighted by molar-refractivity contribution is 7.91. The SMILES string of the molecule is Nc1ccc(N(CC(=O)NCc2ccco2)C2CS(=O)(=O)CC2O)cc1. The van der Waals surface area contributed by atoms with E-state index in [-0.39, 0.29) is 30.5 Å². The molecule has 1 aliphatic heterocycles. The van der Waals surface area contributed by atoms with Gasteiger partial charge in [0.15, 0.2) is 9.84 Å². The standard InChI is InChI=1S/C17H21N3O5S/c18-12-3-5-13(6-4-12)20(15-10-26(23,24)11-16(15)21)9-17(22)19-8-14-2-1-7-25-14/h1-7,15-16,21H,8-11,18H2,(H,19,22). The number of hydrogen-bond acceptors (Lipinski definition) is 7. The van der Waals surface area contributed by atoms with Crippen LogP contribution in [0.15, 0.2) is 47.1 Å². The van der Waals surface area contributed by atoms with Crippen LogP contribution in [-0.4, -0.2) is 49.6 Å². The Labute approximate surface area is 151 Å². The van der Waals surface area contributed by atoms with Crippen LogP contribution in [0.1, 0.15) is 5.76 Å². The number of furan rings is 1. The van der Waals surface area contributed by atoms with Gasteiger partial charge in [0.25, 0.3) is 0 Å². The van der Waals surface area contributed by atoms with E-state index in [1.807, 2.05) is 0 Å². The number of hydrogen-bond donors (Lipinski definition) is 3. The molecule has 3 rings (SSSR count). The molecule has 1 aliphatic rings. The second-order valence-corrected chi connectivity index (χ2v) is 8.44. The Kier molecular flexibility index (Phi) is 5.19. The molecule has 2 heterocycles. The molecule has 1 amide bonds. The first kappa shape index (κ1) is 18.3. The summed E-state index contributed by atoms with van der Waals surface area (Å²) in [7, 11) is -3.35. The Morgan fingerprint density at radius 3 is 2.58 bits per heavy atom. The van der Waals surface area contributed by atoms with Crippen molar-refractivity contribution in [2.75, 3.05) is 28.7 Å². The van der Waals surface area contributed by atoms with Crippen LogP contribution in [-0.2, 0) is 21.2 Å². The fourth-order valence-electron chi connectivity index (χ4n) is 2.98. The van der Waals surface area contributed by atoms with E-state index in [1.54, 1.807) is 41.3 Å². The van der Waals surface area contributed by atoms with E-state index in [4.69, 9.17) is 10.2 Å². The maximum atomic E-state index is 12.4. The van der Waals surface area contributed by atoms with Gasteiger partial charge in [0, 0.05) is 11.4 Å². The molecule has 0 spiro atoms. The molecule has 1 saturated heterocycles. The minimum atomic E-state index is -3.35. The molecular weight excluding hydrogens is 358 g/mol. The Balaban J connectivity index is 1.76. The van der Waals surface area contributed by atoms with E-state index in [2.05, 4.69) is 5.32 Å². The van der Waals surface area contributed by atoms with Gasteiger partial charge in [-0.2, -0.15) is 0 Å². The molecule has 26 heavy (non-hydrogen) atoms. The van der Waals surface area contributed by atoms with Crippen molar-refractivity contribution in [1.29, 1.82) is 0 Å². The summed E-state index contributed by atoms with van der Waals surface area (Å²) in [5, 5.41) is 12.9. The van der Waals surface area contributed by atoms with Crippen LogP contribution in [0.2, 0.25) is 0 Å². The monoisotopic (exact) mass is 379 g/mol. The van der Waals surface area contributed by atoms with Crippen molar-refractivity contribution in [3.8, 4) is 0 Å². The number of carbonyl (C=O) groups excluding carboxylic acids is 1. The molecule has 1 aromatic heterocycles. The van der Waals surface area contributed by atoms with Crippen LogP contribution in [0, 0.1) is 0 Å². The average Bonchev–Trinajstić information content (AvgIpc) is 3.19. The molecule has 0 aliphatic carbocycles. The number of aliphatic hydroxyl groups excluding tert-OH is 1. The lowest BCUT2D eigenvalue weighted by Crippen LogP contribution is -2.48. The first-order chi connectivity index (χ1) is 12.3. The number of nitrogens with one attached hydrogen (secondary N) is 1. The van der Waals surface area contributed by atoms with E-state index < -0.39 is 22.0 Å². The van der Waals surface area contributed by atoms with Gasteiger partial charge in [-0.3, -0.25) is 4.79 Å². The van der Waals surface area contributed by atoms with Gasteiger partial charge in [0.05, 0.1) is 43.0 Å². The van der Waals surface area contributed by atoms with Gasteiger partial charge in [-0.15, -0.1) is 0 Å². The van der Waals surface area contributed by atoms with Crippen molar-refractivity contribution in [2.24, 2.45) is 0 Å². The Morgan fingerprint density at radius 1 is 1.27 bits per heavy atom. The summed E-state index contributed by atoms with van der Waals surface area (Å²) in [6, 6.07) is 9.50. The fraction of sp³-hybridized carbons (Fsp3) is 0.353. The van der Waals surface area contributed by atoms with Gasteiger partial charge >= 0.3 is 0 Å². The quantitative estimate of drug-likeness (QED) is 0.610. The highest BCUT2D eigenvalue weighted by atomic mass is 32.2. The number of nitrogens with zero attached hydrogens (tertiary/aromatic N) is 1. The van der Waals surface area contributed by atoms with E-state index in [1.165, 1.54) is 6.26 Å². The number of nitrogen functional groups attached to an aromatic ring is 1. The fourth-order valence-corrected chi connectivity index (χ4v) is 4.78. The van der Waals surface area contributed by atoms with Crippen LogP contribution >= 0.6 is 0 Å². The van der Waals surface area contributed by atoms with Crippen molar-refractivity contribution in [3.63, 3.8) is 0 Å². The van der Waals surface area contributed by atoms with E-state index >= 15 is 0 Å². The van der Waals surface area contributed by atoms with Crippen LogP contribution in [0.25, 0.3) is 0 Å². The predicted octanol–water partition coefficient (Wildman–Crippen LogP) is 0.143. The van der Waals surface area contributed by atoms with Crippen LogP contribution in [0.5, 0.6) is 0 Å². The number of carbonyl (C=O) groups is 1. The van der Waals surface area contributed by atoms with E-state index in [0.29, 0.717) is 17.1 Å². The Hall–Kier alpha value is -2.52. The first-order valence-electron chi connectivity index (χ1n) is 8.14. The third-order valence-electron chi connectivity index (χ3n) is 4.27. The highest BCUT2D eigenvalue weighted by Gasteiger charge is 2.40. The van der Waals surface area contributed by atoms with Crippen molar-refractivity contribution in [3.05, 3.63) is 48.4 Å². The number of anilines is 2. The Bertz CT molecular complexity index is 849. The van der Waals surface area contributed by atoms with Gasteiger partial charge in [-0.25, -0.2) is 8.42 Å². The predicted molar refractivity (Wildman–Crippen MR) is 97.2 cm³/mol. The van der Waals surface area contributed by atoms with E-state index in [0.717, 1.165) is 0 Å². The molecule has 140 valence electrons. The summed E-state index contributed by atoms with van der Waals surface area (Å²) in [5.74, 6) is -0.211. The minimum absolute atomic E-state index is 0.0954. The average molecular weight is 379 g/mol. The molecule has 2 aromatic rings. The van der Waals surface area contributed by atoms with E-state index in [9.17, 15) is 18.3 Å². The molecule has 2 atom stereocenters. The maximum Gasteiger partial charge on any atom is 0.239 e. The number of nitrogens with two attached hydrogens (primary N) is 1. The highest BCUT2D eigenvalue weighted by Crippen LogP contribution is 2.25. The van der Waals surface area contributed by atoms with Crippen LogP contribution < -0.4 is 16.0 Å². The zero-order chi connectivity index (χ0) is 18.7. The summed E-state index contributed by atoms with van der Waals surface area (Å²) in [6.45, 7) is 0.134. The summed E-state index contributed by atoms with van der Waals surface area (Å²) in [6.07, 6.45) is 0.456. The number of rotatable bonds is 6. The summed E-state index contributed by atoms with van der Waals surface area (Å²) in [4.78, 5) is 14.0. The van der Waals surface area contributed by atoms with Crippen molar-refractivity contribution >= 4 is 27.1 Å². The van der Waals surface area contributed by atoms with Crippen LogP contribution in [0.3, 0.4) is 0 Å². The molecule has 0 bridgehead atoms. The first-order valence-corrected chi connectivity index (χ1v) is 9.96. The van der Waals surface area contributed by atoms with Crippen molar-refractivity contribution in [2.45, 2.75) is 18.7 Å². The van der Waals surface area contributed by atoms with Gasteiger partial charge in [-0.05, 0) is 36.4 Å². The smallest absolute Gasteiger partial charge is 0.239 e. The lowest BCUT2D eigenvalue weighted by molar-refractivity contribution is -0.120. The molecule has 8 nitrogen and oxygen atoms in total. The lowest BCUT2D eigenvalue weighted by Gasteiger charge is -2.31. The molecule has 0 saturated carbocycles. The summed E-state index contributed by atoms with van der Waals surface area (Å²) < 4.78 is 28.9. The van der Waals surface area contributed by atoms with Gasteiger partial charge in [0.2, 0.25) is 5.91 Å². The molecule has 1 aromatic carbocycles. The molecule has 2 unspecified atom stereocenters. The van der Waals surface area contributed by atoms with Crippen LogP contribution in [0.4, 0.5) is 11.4 Å². The van der Waals surface area contributed by atoms with Crippen molar-refractivity contribution < 1.29 is 22.7 Å². The lowest BCUT2D eigenvalue weighted by atomic mass is 10.1. The Morgan fingerprint density at radius 2 is 2.00 bits per heavy atom.